The van der Waals surface area contributed by atoms with Gasteiger partial charge in [-0.15, -0.1) is 0 Å². The summed E-state index contributed by atoms with van der Waals surface area (Å²) < 4.78 is 69.2. The Labute approximate surface area is 244 Å². The van der Waals surface area contributed by atoms with Crippen molar-refractivity contribution >= 4 is 27.5 Å². The average Bonchev–Trinajstić information content (AvgIpc) is 3.47. The van der Waals surface area contributed by atoms with Gasteiger partial charge in [-0.2, -0.15) is 13.2 Å². The number of carbonyl (C=O) groups is 2. The third kappa shape index (κ3) is 7.50. The molecule has 0 saturated heterocycles. The molecule has 7 nitrogen and oxygen atoms in total. The summed E-state index contributed by atoms with van der Waals surface area (Å²) in [6.07, 6.45) is -1.07. The van der Waals surface area contributed by atoms with E-state index in [1.54, 1.807) is 56.3 Å². The number of nitrogens with one attached hydrogen (secondary N) is 1. The number of hydrogen-bond acceptors (Lipinski definition) is 4. The van der Waals surface area contributed by atoms with E-state index in [1.807, 2.05) is 0 Å². The standard InChI is InChI=1S/C31H34F3N3O4S/c1-22-15-17-28(18-16-22)42(40,41)37(27-14-8-11-25(19-27)31(32,33)34)21-29(38)36(20-24-9-4-3-5-10-24)23(2)30(39)35-26-12-6-7-13-26/h3-5,8-11,14-19,23,26H,6-7,12-13,20-21H2,1-2H3,(H,35,39)/t23-/m1/s1. The third-order valence-electron chi connectivity index (χ3n) is 7.41. The van der Waals surface area contributed by atoms with Crippen LogP contribution in [0.1, 0.15) is 49.3 Å². The molecule has 0 aromatic heterocycles. The highest BCUT2D eigenvalue weighted by Crippen LogP contribution is 2.33. The van der Waals surface area contributed by atoms with Crippen molar-refractivity contribution in [1.82, 2.24) is 10.2 Å². The molecule has 4 rings (SSSR count). The molecule has 2 amide bonds. The predicted molar refractivity (Wildman–Crippen MR) is 154 cm³/mol. The van der Waals surface area contributed by atoms with E-state index in [0.717, 1.165) is 43.4 Å². The molecule has 11 heteroatoms. The first-order chi connectivity index (χ1) is 19.9. The Morgan fingerprint density at radius 3 is 2.21 bits per heavy atom. The van der Waals surface area contributed by atoms with Gasteiger partial charge in [-0.25, -0.2) is 8.42 Å². The maximum atomic E-state index is 13.9. The molecule has 1 N–H and O–H groups in total. The molecule has 1 saturated carbocycles. The molecule has 0 heterocycles. The van der Waals surface area contributed by atoms with E-state index in [9.17, 15) is 31.2 Å². The summed E-state index contributed by atoms with van der Waals surface area (Å²) >= 11 is 0. The minimum absolute atomic E-state index is 0.0000627. The summed E-state index contributed by atoms with van der Waals surface area (Å²) in [7, 11) is -4.48. The van der Waals surface area contributed by atoms with Crippen molar-refractivity contribution in [2.24, 2.45) is 0 Å². The summed E-state index contributed by atoms with van der Waals surface area (Å²) in [5, 5.41) is 2.98. The molecule has 42 heavy (non-hydrogen) atoms. The number of halogens is 3. The predicted octanol–water partition coefficient (Wildman–Crippen LogP) is 5.69. The largest absolute Gasteiger partial charge is 0.416 e. The lowest BCUT2D eigenvalue weighted by Crippen LogP contribution is -2.52. The number of rotatable bonds is 10. The number of alkyl halides is 3. The molecule has 1 aliphatic carbocycles. The molecular weight excluding hydrogens is 567 g/mol. The maximum Gasteiger partial charge on any atom is 0.416 e. The van der Waals surface area contributed by atoms with E-state index >= 15 is 0 Å². The number of benzene rings is 3. The van der Waals surface area contributed by atoms with E-state index in [4.69, 9.17) is 0 Å². The molecule has 3 aromatic rings. The Hall–Kier alpha value is -3.86. The van der Waals surface area contributed by atoms with Crippen LogP contribution in [0.2, 0.25) is 0 Å². The number of anilines is 1. The van der Waals surface area contributed by atoms with E-state index in [1.165, 1.54) is 23.1 Å². The summed E-state index contributed by atoms with van der Waals surface area (Å²) in [6.45, 7) is 2.52. The van der Waals surface area contributed by atoms with Gasteiger partial charge in [-0.3, -0.25) is 13.9 Å². The molecular formula is C31H34F3N3O4S. The monoisotopic (exact) mass is 601 g/mol. The minimum atomic E-state index is -4.73. The maximum absolute atomic E-state index is 13.9. The van der Waals surface area contributed by atoms with E-state index < -0.39 is 40.3 Å². The van der Waals surface area contributed by atoms with Crippen molar-refractivity contribution in [2.75, 3.05) is 10.8 Å². The third-order valence-corrected chi connectivity index (χ3v) is 9.20. The van der Waals surface area contributed by atoms with Gasteiger partial charge >= 0.3 is 6.18 Å². The normalized spacial score (nSPS) is 14.8. The van der Waals surface area contributed by atoms with Gasteiger partial charge in [0.05, 0.1) is 16.1 Å². The topological polar surface area (TPSA) is 86.8 Å². The zero-order chi connectivity index (χ0) is 30.5. The van der Waals surface area contributed by atoms with Crippen molar-refractivity contribution in [3.05, 3.63) is 95.6 Å². The summed E-state index contributed by atoms with van der Waals surface area (Å²) in [5.74, 6) is -1.11. The summed E-state index contributed by atoms with van der Waals surface area (Å²) in [4.78, 5) is 28.3. The smallest absolute Gasteiger partial charge is 0.352 e. The summed E-state index contributed by atoms with van der Waals surface area (Å²) in [5.41, 5.74) is 0.119. The zero-order valence-corrected chi connectivity index (χ0v) is 24.3. The van der Waals surface area contributed by atoms with Crippen molar-refractivity contribution in [2.45, 2.75) is 69.2 Å². The Bertz CT molecular complexity index is 1490. The van der Waals surface area contributed by atoms with Crippen LogP contribution in [0.4, 0.5) is 18.9 Å². The summed E-state index contributed by atoms with van der Waals surface area (Å²) in [6, 6.07) is 17.6. The van der Waals surface area contributed by atoms with E-state index in [-0.39, 0.29) is 29.1 Å². The van der Waals surface area contributed by atoms with Gasteiger partial charge in [0.1, 0.15) is 12.6 Å². The second-order valence-corrected chi connectivity index (χ2v) is 12.4. The number of nitrogens with zero attached hydrogens (tertiary/aromatic N) is 2. The Morgan fingerprint density at radius 2 is 1.60 bits per heavy atom. The van der Waals surface area contributed by atoms with Crippen LogP contribution in [0, 0.1) is 6.92 Å². The number of aryl methyl sites for hydroxylation is 1. The van der Waals surface area contributed by atoms with Crippen LogP contribution >= 0.6 is 0 Å². The van der Waals surface area contributed by atoms with Crippen LogP contribution in [0.15, 0.2) is 83.8 Å². The lowest BCUT2D eigenvalue weighted by molar-refractivity contribution is -0.139. The first-order valence-corrected chi connectivity index (χ1v) is 15.2. The Kier molecular flexibility index (Phi) is 9.60. The second-order valence-electron chi connectivity index (χ2n) is 10.5. The molecule has 3 aromatic carbocycles. The fourth-order valence-corrected chi connectivity index (χ4v) is 6.36. The molecule has 1 aliphatic rings. The van der Waals surface area contributed by atoms with Crippen LogP contribution in [0.25, 0.3) is 0 Å². The van der Waals surface area contributed by atoms with Gasteiger partial charge in [0, 0.05) is 12.6 Å². The first-order valence-electron chi connectivity index (χ1n) is 13.8. The zero-order valence-electron chi connectivity index (χ0n) is 23.5. The van der Waals surface area contributed by atoms with Crippen LogP contribution < -0.4 is 9.62 Å². The van der Waals surface area contributed by atoms with Gasteiger partial charge in [-0.1, -0.05) is 66.9 Å². The van der Waals surface area contributed by atoms with Crippen LogP contribution in [-0.4, -0.2) is 43.8 Å². The lowest BCUT2D eigenvalue weighted by Gasteiger charge is -2.32. The fraction of sp³-hybridized carbons (Fsp3) is 0.355. The quantitative estimate of drug-likeness (QED) is 0.324. The highest BCUT2D eigenvalue weighted by atomic mass is 32.2. The van der Waals surface area contributed by atoms with Crippen molar-refractivity contribution in [3.63, 3.8) is 0 Å². The number of amides is 2. The van der Waals surface area contributed by atoms with Crippen molar-refractivity contribution < 1.29 is 31.2 Å². The molecule has 0 radical (unpaired) electrons. The van der Waals surface area contributed by atoms with E-state index in [0.29, 0.717) is 15.9 Å². The molecule has 0 bridgehead atoms. The number of hydrogen-bond donors (Lipinski definition) is 1. The Balaban J connectivity index is 1.72. The first kappa shape index (κ1) is 31.1. The highest BCUT2D eigenvalue weighted by molar-refractivity contribution is 7.92. The average molecular weight is 602 g/mol. The SMILES string of the molecule is Cc1ccc(S(=O)(=O)N(CC(=O)N(Cc2ccccc2)[C@H](C)C(=O)NC2CCCC2)c2cccc(C(F)(F)F)c2)cc1. The second kappa shape index (κ2) is 13.0. The molecule has 0 unspecified atom stereocenters. The van der Waals surface area contributed by atoms with Gasteiger partial charge < -0.3 is 10.2 Å². The lowest BCUT2D eigenvalue weighted by atomic mass is 10.1. The van der Waals surface area contributed by atoms with Crippen LogP contribution in [0.5, 0.6) is 0 Å². The van der Waals surface area contributed by atoms with Crippen LogP contribution in [-0.2, 0) is 32.3 Å². The molecule has 0 spiro atoms. The molecule has 224 valence electrons. The molecule has 1 atom stereocenters. The fourth-order valence-electron chi connectivity index (χ4n) is 4.96. The van der Waals surface area contributed by atoms with Crippen molar-refractivity contribution in [1.29, 1.82) is 0 Å². The highest BCUT2D eigenvalue weighted by Gasteiger charge is 2.35. The van der Waals surface area contributed by atoms with Gasteiger partial charge in [0.15, 0.2) is 0 Å². The number of carbonyl (C=O) groups excluding carboxylic acids is 2. The van der Waals surface area contributed by atoms with Gasteiger partial charge in [-0.05, 0) is 62.6 Å². The van der Waals surface area contributed by atoms with E-state index in [2.05, 4.69) is 5.32 Å². The minimum Gasteiger partial charge on any atom is -0.352 e. The Morgan fingerprint density at radius 1 is 0.952 bits per heavy atom. The van der Waals surface area contributed by atoms with Gasteiger partial charge in [0.2, 0.25) is 11.8 Å². The van der Waals surface area contributed by atoms with Crippen LogP contribution in [0.3, 0.4) is 0 Å². The van der Waals surface area contributed by atoms with Gasteiger partial charge in [0.25, 0.3) is 10.0 Å². The number of sulfonamides is 1. The molecule has 0 aliphatic heterocycles. The molecule has 1 fully saturated rings. The van der Waals surface area contributed by atoms with Crippen molar-refractivity contribution in [3.8, 4) is 0 Å².